The van der Waals surface area contributed by atoms with Crippen LogP contribution in [-0.4, -0.2) is 7.12 Å². The van der Waals surface area contributed by atoms with Gasteiger partial charge in [-0.3, -0.25) is 0 Å². The normalized spacial score (nSPS) is 13.6. The molecule has 7 rings (SSSR count). The van der Waals surface area contributed by atoms with Crippen LogP contribution in [0.15, 0.2) is 30.3 Å². The smallest absolute Gasteiger partial charge is 0.520 e. The van der Waals surface area contributed by atoms with Crippen LogP contribution in [0.1, 0.15) is 22.3 Å². The second-order valence-corrected chi connectivity index (χ2v) is 11.0. The first-order valence-corrected chi connectivity index (χ1v) is 13.8. The van der Waals surface area contributed by atoms with Gasteiger partial charge < -0.3 is 9.31 Å². The molecule has 2 nitrogen and oxygen atoms in total. The van der Waals surface area contributed by atoms with Crippen LogP contribution in [0.4, 0.5) is 70.2 Å². The Balaban J connectivity index is 1.55. The van der Waals surface area contributed by atoms with Crippen molar-refractivity contribution in [3.05, 3.63) is 134 Å². The molecular weight excluding hydrogens is 731 g/mol. The third-order valence-electron chi connectivity index (χ3n) is 8.27. The average Bonchev–Trinajstić information content (AvgIpc) is 3.59. The van der Waals surface area contributed by atoms with Gasteiger partial charge in [0.15, 0.2) is 69.8 Å². The van der Waals surface area contributed by atoms with Gasteiger partial charge in [0.05, 0.1) is 11.0 Å². The number of fused-ring (bicyclic) bond motifs is 6. The Hall–Kier alpha value is -5.36. The summed E-state index contributed by atoms with van der Waals surface area (Å²) in [4.78, 5) is 0. The first-order valence-electron chi connectivity index (χ1n) is 13.8. The van der Waals surface area contributed by atoms with Crippen LogP contribution < -0.4 is 14.8 Å². The largest absolute Gasteiger partial charge is 0.636 e. The van der Waals surface area contributed by atoms with E-state index in [1.165, 1.54) is 0 Å². The van der Waals surface area contributed by atoms with Gasteiger partial charge in [0.1, 0.15) is 17.3 Å². The molecule has 262 valence electrons. The van der Waals surface area contributed by atoms with Gasteiger partial charge in [-0.15, -0.1) is 0 Å². The molecular formula is C32H7BF16O2. The summed E-state index contributed by atoms with van der Waals surface area (Å²) >= 11 is 0. The van der Waals surface area contributed by atoms with Crippen molar-refractivity contribution in [2.75, 3.05) is 0 Å². The van der Waals surface area contributed by atoms with Crippen LogP contribution in [0.25, 0.3) is 22.3 Å². The number of alkyl halides is 2. The molecule has 0 radical (unpaired) electrons. The van der Waals surface area contributed by atoms with E-state index in [4.69, 9.17) is 9.31 Å². The Morgan fingerprint density at radius 3 is 1.71 bits per heavy atom. The molecule has 0 unspecified atom stereocenters. The number of hydrogen-bond donors (Lipinski definition) is 0. The summed E-state index contributed by atoms with van der Waals surface area (Å²) in [6.07, 6.45) is -0.888. The predicted octanol–water partition coefficient (Wildman–Crippen LogP) is 9.18. The third kappa shape index (κ3) is 4.61. The van der Waals surface area contributed by atoms with Crippen molar-refractivity contribution in [2.45, 2.75) is 12.3 Å². The molecule has 0 saturated heterocycles. The molecule has 2 aliphatic rings. The van der Waals surface area contributed by atoms with Crippen molar-refractivity contribution < 1.29 is 79.6 Å². The fourth-order valence-electron chi connectivity index (χ4n) is 6.11. The van der Waals surface area contributed by atoms with Gasteiger partial charge in [0.2, 0.25) is 5.82 Å². The van der Waals surface area contributed by atoms with Crippen LogP contribution >= 0.6 is 0 Å². The predicted molar refractivity (Wildman–Crippen MR) is 142 cm³/mol. The quantitative estimate of drug-likeness (QED) is 0.0761. The van der Waals surface area contributed by atoms with Crippen molar-refractivity contribution in [3.8, 4) is 33.8 Å². The Kier molecular flexibility index (Phi) is 7.58. The zero-order valence-corrected chi connectivity index (χ0v) is 24.0. The lowest BCUT2D eigenvalue weighted by Crippen LogP contribution is -2.49. The van der Waals surface area contributed by atoms with Gasteiger partial charge in [-0.1, -0.05) is 6.07 Å². The highest BCUT2D eigenvalue weighted by Crippen LogP contribution is 2.55. The molecule has 0 saturated carbocycles. The Morgan fingerprint density at radius 2 is 1.04 bits per heavy atom. The molecule has 5 aromatic rings. The lowest BCUT2D eigenvalue weighted by atomic mass is 9.72. The molecule has 0 fully saturated rings. The van der Waals surface area contributed by atoms with Crippen LogP contribution in [0, 0.1) is 81.4 Å². The molecule has 0 bridgehead atoms. The van der Waals surface area contributed by atoms with Gasteiger partial charge >= 0.3 is 13.0 Å². The van der Waals surface area contributed by atoms with E-state index in [9.17, 15) is 39.5 Å². The second-order valence-electron chi connectivity index (χ2n) is 11.0. The first-order chi connectivity index (χ1) is 23.9. The zero-order valence-electron chi connectivity index (χ0n) is 24.0. The molecule has 5 aromatic carbocycles. The fraction of sp³-hybridized carbons (Fsp3) is 0.0625. The summed E-state index contributed by atoms with van der Waals surface area (Å²) in [5, 5.41) is 0. The zero-order chi connectivity index (χ0) is 37.2. The molecule has 0 aromatic heterocycles. The number of rotatable bonds is 5. The Bertz CT molecular complexity index is 2400. The first kappa shape index (κ1) is 34.1. The van der Waals surface area contributed by atoms with Gasteiger partial charge in [-0.2, -0.15) is 13.2 Å². The molecule has 51 heavy (non-hydrogen) atoms. The highest BCUT2D eigenvalue weighted by molar-refractivity contribution is 6.63. The monoisotopic (exact) mass is 738 g/mol. The minimum absolute atomic E-state index is 0.112. The summed E-state index contributed by atoms with van der Waals surface area (Å²) in [7, 11) is -3.46. The van der Waals surface area contributed by atoms with E-state index in [-0.39, 0.29) is 11.6 Å². The summed E-state index contributed by atoms with van der Waals surface area (Å²) in [5.74, 6) is -41.9. The molecule has 19 heteroatoms. The van der Waals surface area contributed by atoms with Gasteiger partial charge in [0.25, 0.3) is 0 Å². The van der Waals surface area contributed by atoms with E-state index in [0.717, 1.165) is 6.07 Å². The summed E-state index contributed by atoms with van der Waals surface area (Å²) in [6.45, 7) is 0. The van der Waals surface area contributed by atoms with Crippen LogP contribution in [0.2, 0.25) is 0 Å². The number of hydrogen-bond acceptors (Lipinski definition) is 2. The lowest BCUT2D eigenvalue weighted by molar-refractivity contribution is 0.0433. The second kappa shape index (κ2) is 11.3. The fourth-order valence-corrected chi connectivity index (χ4v) is 6.11. The van der Waals surface area contributed by atoms with Crippen molar-refractivity contribution in [1.82, 2.24) is 0 Å². The topological polar surface area (TPSA) is 18.5 Å². The standard InChI is InChI=1S/C32H7BF16O2/c34-8-2-4-10(35)12(6-8)50-33(51-31-9-5-7-1-3-11(36)20(37)13(7)14(9)21(38)28(45)30(31)47)19-17-15(22(39)26(43)25(19)42)16-18(32(17,48)49)24(41)29(46)27(44)23(16)40/h1-4,6H,5H2. The van der Waals surface area contributed by atoms with Crippen molar-refractivity contribution >= 4 is 12.6 Å². The maximum Gasteiger partial charge on any atom is 0.636 e. The average molecular weight is 738 g/mol. The summed E-state index contributed by atoms with van der Waals surface area (Å²) in [6, 6.07) is 2.20. The Labute approximate surface area is 272 Å². The maximum atomic E-state index is 16.0. The van der Waals surface area contributed by atoms with Crippen molar-refractivity contribution in [2.24, 2.45) is 0 Å². The molecule has 0 aliphatic heterocycles. The van der Waals surface area contributed by atoms with Gasteiger partial charge in [-0.05, 0) is 23.8 Å². The molecule has 0 spiro atoms. The van der Waals surface area contributed by atoms with E-state index in [0.29, 0.717) is 18.2 Å². The van der Waals surface area contributed by atoms with Crippen LogP contribution in [-0.2, 0) is 12.3 Å². The molecule has 0 N–H and O–H groups in total. The van der Waals surface area contributed by atoms with Crippen LogP contribution in [0.3, 0.4) is 0 Å². The Morgan fingerprint density at radius 1 is 0.490 bits per heavy atom. The third-order valence-corrected chi connectivity index (χ3v) is 8.27. The highest BCUT2D eigenvalue weighted by Gasteiger charge is 2.57. The minimum atomic E-state index is -5.41. The number of benzene rings is 5. The van der Waals surface area contributed by atoms with Gasteiger partial charge in [0, 0.05) is 45.9 Å². The van der Waals surface area contributed by atoms with Gasteiger partial charge in [-0.25, -0.2) is 57.1 Å². The highest BCUT2D eigenvalue weighted by atomic mass is 19.3. The van der Waals surface area contributed by atoms with Crippen molar-refractivity contribution in [1.29, 1.82) is 0 Å². The molecule has 0 amide bonds. The molecule has 0 heterocycles. The maximum absolute atomic E-state index is 16.0. The SMILES string of the molecule is Fc1ccc(F)c(OB(Oc2c(F)c(F)c(F)c3c2Cc2ccc(F)c(F)c2-3)c2c(F)c(F)c(F)c3c2C(F)(F)c2c(F)c(F)c(F)c(F)c2-3)c1. The summed E-state index contributed by atoms with van der Waals surface area (Å²) < 4.78 is 250. The number of halogens is 16. The van der Waals surface area contributed by atoms with E-state index in [1.54, 1.807) is 0 Å². The van der Waals surface area contributed by atoms with Crippen LogP contribution in [0.5, 0.6) is 11.5 Å². The van der Waals surface area contributed by atoms with E-state index >= 15 is 30.7 Å². The minimum Gasteiger partial charge on any atom is -0.520 e. The molecule has 2 aliphatic carbocycles. The van der Waals surface area contributed by atoms with Crippen molar-refractivity contribution in [3.63, 3.8) is 0 Å². The van der Waals surface area contributed by atoms with E-state index in [1.807, 2.05) is 0 Å². The van der Waals surface area contributed by atoms with E-state index < -0.39 is 157 Å². The lowest BCUT2D eigenvalue weighted by Gasteiger charge is -2.24. The van der Waals surface area contributed by atoms with E-state index in [2.05, 4.69) is 0 Å². The summed E-state index contributed by atoms with van der Waals surface area (Å²) in [5.41, 5.74) is -15.1. The molecule has 0 atom stereocenters.